The zero-order valence-electron chi connectivity index (χ0n) is 17.5. The summed E-state index contributed by atoms with van der Waals surface area (Å²) in [6, 6.07) is 2.82. The number of ether oxygens (including phenoxy) is 3. The predicted molar refractivity (Wildman–Crippen MR) is 107 cm³/mol. The minimum Gasteiger partial charge on any atom is -0.484 e. The van der Waals surface area contributed by atoms with Crippen LogP contribution in [0, 0.1) is 5.82 Å². The Labute approximate surface area is 195 Å². The van der Waals surface area contributed by atoms with Gasteiger partial charge >= 0.3 is 12.4 Å². The molecule has 10 nitrogen and oxygen atoms in total. The second-order valence-corrected chi connectivity index (χ2v) is 8.01. The number of hydrogen-bond acceptors (Lipinski definition) is 6. The molecular weight excluding hydrogens is 492 g/mol. The Morgan fingerprint density at radius 1 is 1.06 bits per heavy atom. The largest absolute Gasteiger partial charge is 0.522 e. The molecule has 3 N–H and O–H groups in total. The number of carbonyl (C=O) groups is 3. The Bertz CT molecular complexity index is 909. The number of halogens is 5. The standard InChI is InChI=1S/C19H21ClF4N4O6/c20-14-2-1-11(5-15(14)21)32-8-16(29)25-10-6-28(7-10)18(31)27-26-17(30)9-33-12-3-13(4-12)34-19(22,23)24/h1-2,5,10,12-13H,3-4,6-9H2,(H,25,29)(H,26,30)(H,27,31)/t12-,13+. The van der Waals surface area contributed by atoms with E-state index in [1.165, 1.54) is 17.0 Å². The maximum absolute atomic E-state index is 13.3. The zero-order valence-corrected chi connectivity index (χ0v) is 18.2. The number of urea groups is 1. The summed E-state index contributed by atoms with van der Waals surface area (Å²) in [5, 5.41) is 2.56. The lowest BCUT2D eigenvalue weighted by Gasteiger charge is -2.39. The highest BCUT2D eigenvalue weighted by atomic mass is 35.5. The summed E-state index contributed by atoms with van der Waals surface area (Å²) >= 11 is 5.56. The molecule has 0 unspecified atom stereocenters. The van der Waals surface area contributed by atoms with Gasteiger partial charge in [-0.25, -0.2) is 14.6 Å². The van der Waals surface area contributed by atoms with Gasteiger partial charge in [-0.15, -0.1) is 13.2 Å². The number of nitrogens with one attached hydrogen (secondary N) is 3. The molecule has 2 aliphatic rings. The van der Waals surface area contributed by atoms with Gasteiger partial charge in [-0.05, 0) is 12.1 Å². The highest BCUT2D eigenvalue weighted by Gasteiger charge is 2.40. The van der Waals surface area contributed by atoms with E-state index in [9.17, 15) is 31.9 Å². The maximum Gasteiger partial charge on any atom is 0.522 e. The molecule has 1 saturated heterocycles. The molecule has 1 aliphatic heterocycles. The van der Waals surface area contributed by atoms with Crippen molar-refractivity contribution in [3.63, 3.8) is 0 Å². The van der Waals surface area contributed by atoms with E-state index in [0.717, 1.165) is 6.07 Å². The Morgan fingerprint density at radius 2 is 1.76 bits per heavy atom. The van der Waals surface area contributed by atoms with Gasteiger partial charge in [0, 0.05) is 32.0 Å². The highest BCUT2D eigenvalue weighted by Crippen LogP contribution is 2.31. The zero-order chi connectivity index (χ0) is 24.9. The van der Waals surface area contributed by atoms with Crippen molar-refractivity contribution in [3.05, 3.63) is 29.0 Å². The number of hydrazine groups is 1. The van der Waals surface area contributed by atoms with Gasteiger partial charge in [0.25, 0.3) is 11.8 Å². The minimum atomic E-state index is -4.71. The van der Waals surface area contributed by atoms with Crippen LogP contribution in [-0.4, -0.2) is 73.7 Å². The molecule has 15 heteroatoms. The second-order valence-electron chi connectivity index (χ2n) is 7.60. The summed E-state index contributed by atoms with van der Waals surface area (Å²) in [4.78, 5) is 36.9. The van der Waals surface area contributed by atoms with Gasteiger partial charge in [0.05, 0.1) is 23.3 Å². The van der Waals surface area contributed by atoms with Crippen molar-refractivity contribution in [2.45, 2.75) is 37.5 Å². The van der Waals surface area contributed by atoms with Gasteiger partial charge in [-0.1, -0.05) is 11.6 Å². The number of hydrogen-bond donors (Lipinski definition) is 3. The molecule has 1 aromatic carbocycles. The molecule has 1 aromatic rings. The molecule has 0 aromatic heterocycles. The van der Waals surface area contributed by atoms with E-state index >= 15 is 0 Å². The van der Waals surface area contributed by atoms with Crippen molar-refractivity contribution in [2.75, 3.05) is 26.3 Å². The van der Waals surface area contributed by atoms with Crippen molar-refractivity contribution in [3.8, 4) is 5.75 Å². The van der Waals surface area contributed by atoms with E-state index in [1.54, 1.807) is 0 Å². The van der Waals surface area contributed by atoms with Crippen LogP contribution in [0.1, 0.15) is 12.8 Å². The smallest absolute Gasteiger partial charge is 0.484 e. The van der Waals surface area contributed by atoms with E-state index in [4.69, 9.17) is 21.1 Å². The van der Waals surface area contributed by atoms with Crippen LogP contribution in [-0.2, 0) is 19.1 Å². The predicted octanol–water partition coefficient (Wildman–Crippen LogP) is 1.48. The SMILES string of the molecule is O=C(CO[C@H]1C[C@@H](OC(F)(F)F)C1)NNC(=O)N1CC(NC(=O)COc2ccc(Cl)c(F)c2)C1. The molecule has 0 spiro atoms. The van der Waals surface area contributed by atoms with E-state index in [-0.39, 0.29) is 49.4 Å². The monoisotopic (exact) mass is 512 g/mol. The molecule has 3 rings (SSSR count). The average molecular weight is 513 g/mol. The normalized spacial score (nSPS) is 20.1. The van der Waals surface area contributed by atoms with Crippen LogP contribution < -0.4 is 20.9 Å². The molecule has 1 heterocycles. The quantitative estimate of drug-likeness (QED) is 0.359. The molecule has 4 amide bonds. The lowest BCUT2D eigenvalue weighted by Crippen LogP contribution is -2.64. The van der Waals surface area contributed by atoms with Crippen LogP contribution in [0.3, 0.4) is 0 Å². The van der Waals surface area contributed by atoms with Crippen LogP contribution in [0.25, 0.3) is 0 Å². The first-order valence-electron chi connectivity index (χ1n) is 10.1. The van der Waals surface area contributed by atoms with E-state index < -0.39 is 48.8 Å². The summed E-state index contributed by atoms with van der Waals surface area (Å²) in [6.45, 7) is -0.436. The number of likely N-dealkylation sites (tertiary alicyclic amines) is 1. The maximum atomic E-state index is 13.3. The van der Waals surface area contributed by atoms with Crippen LogP contribution in [0.2, 0.25) is 5.02 Å². The van der Waals surface area contributed by atoms with Gasteiger partial charge in [0.1, 0.15) is 18.2 Å². The number of nitrogens with zero attached hydrogens (tertiary/aromatic N) is 1. The van der Waals surface area contributed by atoms with Crippen LogP contribution >= 0.6 is 11.6 Å². The molecular formula is C19H21ClF4N4O6. The third kappa shape index (κ3) is 7.88. The summed E-state index contributed by atoms with van der Waals surface area (Å²) in [6.07, 6.45) is -6.19. The fourth-order valence-corrected chi connectivity index (χ4v) is 3.21. The fourth-order valence-electron chi connectivity index (χ4n) is 3.09. The third-order valence-electron chi connectivity index (χ3n) is 4.91. The Balaban J connectivity index is 1.22. The number of benzene rings is 1. The first kappa shape index (κ1) is 25.8. The van der Waals surface area contributed by atoms with Gasteiger partial charge in [-0.2, -0.15) is 0 Å². The summed E-state index contributed by atoms with van der Waals surface area (Å²) in [7, 11) is 0. The second kappa shape index (κ2) is 11.1. The molecule has 1 aliphatic carbocycles. The van der Waals surface area contributed by atoms with Gasteiger partial charge < -0.3 is 19.7 Å². The highest BCUT2D eigenvalue weighted by molar-refractivity contribution is 6.30. The molecule has 0 bridgehead atoms. The molecule has 34 heavy (non-hydrogen) atoms. The van der Waals surface area contributed by atoms with Crippen molar-refractivity contribution in [2.24, 2.45) is 0 Å². The molecule has 0 atom stereocenters. The van der Waals surface area contributed by atoms with Crippen LogP contribution in [0.4, 0.5) is 22.4 Å². The van der Waals surface area contributed by atoms with Gasteiger partial charge in [0.15, 0.2) is 6.61 Å². The van der Waals surface area contributed by atoms with Crippen molar-refractivity contribution < 1.29 is 46.2 Å². The lowest BCUT2D eigenvalue weighted by atomic mass is 9.92. The topological polar surface area (TPSA) is 118 Å². The van der Waals surface area contributed by atoms with E-state index in [1.807, 2.05) is 0 Å². The van der Waals surface area contributed by atoms with Crippen molar-refractivity contribution in [1.29, 1.82) is 0 Å². The van der Waals surface area contributed by atoms with E-state index in [0.29, 0.717) is 0 Å². The van der Waals surface area contributed by atoms with Crippen molar-refractivity contribution in [1.82, 2.24) is 21.1 Å². The van der Waals surface area contributed by atoms with Crippen LogP contribution in [0.15, 0.2) is 18.2 Å². The summed E-state index contributed by atoms with van der Waals surface area (Å²) in [5.41, 5.74) is 4.29. The first-order chi connectivity index (χ1) is 16.0. The molecule has 2 fully saturated rings. The summed E-state index contributed by atoms with van der Waals surface area (Å²) in [5.74, 6) is -1.69. The molecule has 188 valence electrons. The summed E-state index contributed by atoms with van der Waals surface area (Å²) < 4.78 is 63.6. The number of carbonyl (C=O) groups excluding carboxylic acids is 3. The van der Waals surface area contributed by atoms with E-state index in [2.05, 4.69) is 20.9 Å². The minimum absolute atomic E-state index is 0.0155. The van der Waals surface area contributed by atoms with Gasteiger partial charge in [0.2, 0.25) is 0 Å². The number of rotatable bonds is 8. The Kier molecular flexibility index (Phi) is 8.38. The van der Waals surface area contributed by atoms with Crippen LogP contribution in [0.5, 0.6) is 5.75 Å². The molecule has 1 saturated carbocycles. The molecule has 0 radical (unpaired) electrons. The van der Waals surface area contributed by atoms with Gasteiger partial charge in [-0.3, -0.25) is 19.8 Å². The van der Waals surface area contributed by atoms with Crippen molar-refractivity contribution >= 4 is 29.4 Å². The Morgan fingerprint density at radius 3 is 2.41 bits per heavy atom. The average Bonchev–Trinajstić information content (AvgIpc) is 2.70. The first-order valence-corrected chi connectivity index (χ1v) is 10.4. The number of alkyl halides is 3. The fraction of sp³-hybridized carbons (Fsp3) is 0.526. The number of amides is 4. The lowest BCUT2D eigenvalue weighted by molar-refractivity contribution is -0.357. The third-order valence-corrected chi connectivity index (χ3v) is 5.21. The Hall–Kier alpha value is -2.84.